The highest BCUT2D eigenvalue weighted by Crippen LogP contribution is 2.16. The van der Waals surface area contributed by atoms with Crippen LogP contribution in [-0.4, -0.2) is 25.6 Å². The first kappa shape index (κ1) is 8.16. The molecule has 2 heterocycles. The van der Waals surface area contributed by atoms with Crippen molar-refractivity contribution in [3.8, 4) is 0 Å². The molecule has 0 aliphatic heterocycles. The Balaban J connectivity index is 2.05. The van der Waals surface area contributed by atoms with Crippen molar-refractivity contribution in [3.05, 3.63) is 41.9 Å². The predicted octanol–water partition coefficient (Wildman–Crippen LogP) is 1.27. The summed E-state index contributed by atoms with van der Waals surface area (Å²) < 4.78 is 0. The van der Waals surface area contributed by atoms with Crippen LogP contribution in [0, 0.1) is 0 Å². The second-order valence-corrected chi connectivity index (χ2v) is 3.36. The van der Waals surface area contributed by atoms with Crippen molar-refractivity contribution in [3.63, 3.8) is 0 Å². The van der Waals surface area contributed by atoms with Crippen molar-refractivity contribution < 1.29 is 0 Å². The maximum absolute atomic E-state index is 4.22. The molecule has 0 aliphatic carbocycles. The number of aromatic nitrogens is 5. The van der Waals surface area contributed by atoms with Gasteiger partial charge >= 0.3 is 0 Å². The zero-order chi connectivity index (χ0) is 10.1. The van der Waals surface area contributed by atoms with E-state index in [1.165, 1.54) is 0 Å². The summed E-state index contributed by atoms with van der Waals surface area (Å²) in [7, 11) is 0. The van der Waals surface area contributed by atoms with Crippen LogP contribution in [0.2, 0.25) is 0 Å². The van der Waals surface area contributed by atoms with Gasteiger partial charge in [0, 0.05) is 17.5 Å². The Hall–Kier alpha value is -2.17. The number of hydrogen-bond acceptors (Lipinski definition) is 3. The fourth-order valence-electron chi connectivity index (χ4n) is 1.64. The van der Waals surface area contributed by atoms with Crippen molar-refractivity contribution >= 4 is 10.9 Å². The minimum atomic E-state index is 0.719. The molecule has 1 aromatic carbocycles. The predicted molar refractivity (Wildman–Crippen MR) is 55.3 cm³/mol. The zero-order valence-electron chi connectivity index (χ0n) is 7.94. The lowest BCUT2D eigenvalue weighted by molar-refractivity contribution is 0.905. The van der Waals surface area contributed by atoms with Gasteiger partial charge in [-0.2, -0.15) is 20.5 Å². The van der Waals surface area contributed by atoms with Crippen molar-refractivity contribution in [2.24, 2.45) is 0 Å². The normalized spacial score (nSPS) is 10.9. The number of fused-ring (bicyclic) bond motifs is 1. The van der Waals surface area contributed by atoms with E-state index in [1.54, 1.807) is 6.20 Å². The van der Waals surface area contributed by atoms with Crippen molar-refractivity contribution in [1.29, 1.82) is 0 Å². The topological polar surface area (TPSA) is 70.2 Å². The van der Waals surface area contributed by atoms with Gasteiger partial charge in [0.2, 0.25) is 0 Å². The van der Waals surface area contributed by atoms with Crippen LogP contribution in [-0.2, 0) is 6.42 Å². The first-order chi connectivity index (χ1) is 7.43. The van der Waals surface area contributed by atoms with Crippen LogP contribution in [0.1, 0.15) is 11.4 Å². The lowest BCUT2D eigenvalue weighted by Gasteiger charge is -1.93. The third-order valence-corrected chi connectivity index (χ3v) is 2.36. The van der Waals surface area contributed by atoms with Gasteiger partial charge in [0.05, 0.1) is 17.4 Å². The average Bonchev–Trinajstić information content (AvgIpc) is 2.89. The molecule has 0 saturated heterocycles. The summed E-state index contributed by atoms with van der Waals surface area (Å²) in [6, 6.07) is 8.01. The fourth-order valence-corrected chi connectivity index (χ4v) is 1.64. The van der Waals surface area contributed by atoms with Gasteiger partial charge < -0.3 is 0 Å². The Morgan fingerprint density at radius 3 is 2.93 bits per heavy atom. The van der Waals surface area contributed by atoms with Gasteiger partial charge in [-0.15, -0.1) is 0 Å². The van der Waals surface area contributed by atoms with E-state index in [-0.39, 0.29) is 0 Å². The molecule has 3 rings (SSSR count). The number of benzene rings is 1. The Bertz CT molecular complexity index is 566. The fraction of sp³-hybridized carbons (Fsp3) is 0.100. The van der Waals surface area contributed by atoms with Crippen molar-refractivity contribution in [2.45, 2.75) is 6.42 Å². The molecule has 0 bridgehead atoms. The van der Waals surface area contributed by atoms with E-state index < -0.39 is 0 Å². The number of nitrogens with zero attached hydrogens (tertiary/aromatic N) is 3. The van der Waals surface area contributed by atoms with E-state index in [0.717, 1.165) is 28.7 Å². The molecule has 0 fully saturated rings. The lowest BCUT2D eigenvalue weighted by atomic mass is 10.1. The van der Waals surface area contributed by atoms with Gasteiger partial charge in [-0.05, 0) is 6.07 Å². The summed E-state index contributed by atoms with van der Waals surface area (Å²) in [5.41, 5.74) is 2.96. The van der Waals surface area contributed by atoms with E-state index >= 15 is 0 Å². The summed E-state index contributed by atoms with van der Waals surface area (Å²) in [5, 5.41) is 18.8. The molecule has 0 atom stereocenters. The Morgan fingerprint density at radius 2 is 2.07 bits per heavy atom. The van der Waals surface area contributed by atoms with E-state index in [1.807, 2.05) is 24.3 Å². The number of para-hydroxylation sites is 1. The summed E-state index contributed by atoms with van der Waals surface area (Å²) >= 11 is 0. The third kappa shape index (κ3) is 1.38. The molecule has 0 amide bonds. The molecule has 0 spiro atoms. The molecular formula is C10H9N5. The van der Waals surface area contributed by atoms with Gasteiger partial charge in [0.1, 0.15) is 0 Å². The Labute approximate surface area is 85.5 Å². The van der Waals surface area contributed by atoms with Crippen molar-refractivity contribution in [2.75, 3.05) is 0 Å². The van der Waals surface area contributed by atoms with Gasteiger partial charge in [-0.3, -0.25) is 5.10 Å². The molecule has 0 aliphatic rings. The molecule has 2 aromatic heterocycles. The Morgan fingerprint density at radius 1 is 1.13 bits per heavy atom. The van der Waals surface area contributed by atoms with Gasteiger partial charge in [0.15, 0.2) is 0 Å². The highest BCUT2D eigenvalue weighted by atomic mass is 15.3. The van der Waals surface area contributed by atoms with Crippen LogP contribution in [0.3, 0.4) is 0 Å². The van der Waals surface area contributed by atoms with Crippen LogP contribution in [0.5, 0.6) is 0 Å². The molecule has 0 unspecified atom stereocenters. The minimum absolute atomic E-state index is 0.719. The molecular weight excluding hydrogens is 190 g/mol. The average molecular weight is 199 g/mol. The maximum Gasteiger partial charge on any atom is 0.0923 e. The van der Waals surface area contributed by atoms with Gasteiger partial charge in [-0.1, -0.05) is 18.2 Å². The second-order valence-electron chi connectivity index (χ2n) is 3.36. The number of hydrogen-bond donors (Lipinski definition) is 2. The molecule has 74 valence electrons. The number of nitrogens with one attached hydrogen (secondary N) is 2. The standard InChI is InChI=1S/C10H9N5/c1-2-4-9-8(3-1)10(14-13-9)5-7-6-11-15-12-7/h1-4,6H,5H2,(H,13,14)(H,11,12,15). The molecule has 2 N–H and O–H groups in total. The maximum atomic E-state index is 4.22. The lowest BCUT2D eigenvalue weighted by Crippen LogP contribution is -1.89. The number of aromatic amines is 2. The summed E-state index contributed by atoms with van der Waals surface area (Å²) in [5.74, 6) is 0. The highest BCUT2D eigenvalue weighted by Gasteiger charge is 2.06. The third-order valence-electron chi connectivity index (χ3n) is 2.36. The van der Waals surface area contributed by atoms with Crippen molar-refractivity contribution in [1.82, 2.24) is 25.6 Å². The summed E-state index contributed by atoms with van der Waals surface area (Å²) in [6.07, 6.45) is 2.44. The first-order valence-electron chi connectivity index (χ1n) is 4.70. The van der Waals surface area contributed by atoms with E-state index in [9.17, 15) is 0 Å². The number of H-pyrrole nitrogens is 2. The quantitative estimate of drug-likeness (QED) is 0.653. The molecule has 5 heteroatoms. The second kappa shape index (κ2) is 3.20. The van der Waals surface area contributed by atoms with Crippen LogP contribution in [0.15, 0.2) is 30.5 Å². The van der Waals surface area contributed by atoms with Crippen LogP contribution in [0.25, 0.3) is 10.9 Å². The van der Waals surface area contributed by atoms with Crippen LogP contribution >= 0.6 is 0 Å². The summed E-state index contributed by atoms with van der Waals surface area (Å²) in [6.45, 7) is 0. The smallest absolute Gasteiger partial charge is 0.0923 e. The summed E-state index contributed by atoms with van der Waals surface area (Å²) in [4.78, 5) is 0. The minimum Gasteiger partial charge on any atom is -0.281 e. The van der Waals surface area contributed by atoms with Gasteiger partial charge in [0.25, 0.3) is 0 Å². The largest absolute Gasteiger partial charge is 0.281 e. The van der Waals surface area contributed by atoms with Crippen LogP contribution < -0.4 is 0 Å². The van der Waals surface area contributed by atoms with Gasteiger partial charge in [-0.25, -0.2) is 0 Å². The van der Waals surface area contributed by atoms with Crippen LogP contribution in [0.4, 0.5) is 0 Å². The monoisotopic (exact) mass is 199 g/mol. The molecule has 15 heavy (non-hydrogen) atoms. The van der Waals surface area contributed by atoms with E-state index in [4.69, 9.17) is 0 Å². The first-order valence-corrected chi connectivity index (χ1v) is 4.70. The van der Waals surface area contributed by atoms with E-state index in [0.29, 0.717) is 0 Å². The SMILES string of the molecule is c1ccc2c(Cc3cn[nH]n3)[nH]nc2c1. The van der Waals surface area contributed by atoms with E-state index in [2.05, 4.69) is 25.6 Å². The molecule has 0 radical (unpaired) electrons. The highest BCUT2D eigenvalue weighted by molar-refractivity contribution is 5.81. The Kier molecular flexibility index (Phi) is 1.74. The molecule has 5 nitrogen and oxygen atoms in total. The molecule has 0 saturated carbocycles. The zero-order valence-corrected chi connectivity index (χ0v) is 7.94. The number of rotatable bonds is 2. The molecule has 3 aromatic rings.